The van der Waals surface area contributed by atoms with Crippen molar-refractivity contribution in [2.24, 2.45) is 0 Å². The minimum atomic E-state index is -0.0134. The lowest BCUT2D eigenvalue weighted by molar-refractivity contribution is 0.256. The molecule has 4 heteroatoms. The standard InChI is InChI=1S/C12H13NO3/c1-9-5-10(7-14)6-12(13-9)16-8-11-3-2-4-15-11/h2-6,14H,7-8H2,1H3. The maximum atomic E-state index is 9.04. The first-order valence-electron chi connectivity index (χ1n) is 5.01. The topological polar surface area (TPSA) is 55.5 Å². The Balaban J connectivity index is 2.06. The van der Waals surface area contributed by atoms with Crippen LogP contribution in [0.15, 0.2) is 34.9 Å². The third-order valence-corrected chi connectivity index (χ3v) is 2.11. The lowest BCUT2D eigenvalue weighted by atomic mass is 10.2. The van der Waals surface area contributed by atoms with Crippen molar-refractivity contribution >= 4 is 0 Å². The number of aliphatic hydroxyl groups is 1. The van der Waals surface area contributed by atoms with Crippen molar-refractivity contribution in [3.05, 3.63) is 47.5 Å². The summed E-state index contributed by atoms with van der Waals surface area (Å²) in [6.07, 6.45) is 1.60. The summed E-state index contributed by atoms with van der Waals surface area (Å²) >= 11 is 0. The zero-order valence-electron chi connectivity index (χ0n) is 9.01. The summed E-state index contributed by atoms with van der Waals surface area (Å²) in [6.45, 7) is 2.19. The number of aliphatic hydroxyl groups excluding tert-OH is 1. The molecule has 0 fully saturated rings. The summed E-state index contributed by atoms with van der Waals surface area (Å²) < 4.78 is 10.6. The predicted octanol–water partition coefficient (Wildman–Crippen LogP) is 2.05. The molecule has 0 unspecified atom stereocenters. The molecular weight excluding hydrogens is 206 g/mol. The van der Waals surface area contributed by atoms with Gasteiger partial charge in [-0.05, 0) is 30.7 Å². The van der Waals surface area contributed by atoms with E-state index in [-0.39, 0.29) is 6.61 Å². The molecule has 84 valence electrons. The SMILES string of the molecule is Cc1cc(CO)cc(OCc2ccco2)n1. The van der Waals surface area contributed by atoms with Crippen LogP contribution < -0.4 is 4.74 Å². The Morgan fingerprint density at radius 3 is 3.00 bits per heavy atom. The molecule has 0 aliphatic carbocycles. The van der Waals surface area contributed by atoms with Gasteiger partial charge < -0.3 is 14.3 Å². The minimum absolute atomic E-state index is 0.0134. The molecular formula is C12H13NO3. The predicted molar refractivity (Wildman–Crippen MR) is 57.9 cm³/mol. The first-order chi connectivity index (χ1) is 7.78. The molecule has 2 aromatic rings. The van der Waals surface area contributed by atoms with Gasteiger partial charge in [-0.15, -0.1) is 0 Å². The summed E-state index contributed by atoms with van der Waals surface area (Å²) in [4.78, 5) is 4.21. The van der Waals surface area contributed by atoms with E-state index < -0.39 is 0 Å². The van der Waals surface area contributed by atoms with E-state index in [1.54, 1.807) is 12.3 Å². The smallest absolute Gasteiger partial charge is 0.214 e. The second-order valence-electron chi connectivity index (χ2n) is 3.48. The summed E-state index contributed by atoms with van der Waals surface area (Å²) in [5.74, 6) is 1.24. The fraction of sp³-hybridized carbons (Fsp3) is 0.250. The Labute approximate surface area is 93.5 Å². The third kappa shape index (κ3) is 2.61. The molecule has 1 N–H and O–H groups in total. The van der Waals surface area contributed by atoms with Gasteiger partial charge in [0, 0.05) is 11.8 Å². The molecule has 0 amide bonds. The first kappa shape index (κ1) is 10.7. The number of furan rings is 1. The summed E-state index contributed by atoms with van der Waals surface area (Å²) in [5, 5.41) is 9.04. The summed E-state index contributed by atoms with van der Waals surface area (Å²) in [7, 11) is 0. The van der Waals surface area contributed by atoms with E-state index in [1.165, 1.54) is 0 Å². The molecule has 0 saturated heterocycles. The lowest BCUT2D eigenvalue weighted by Gasteiger charge is -2.06. The van der Waals surface area contributed by atoms with Crippen molar-refractivity contribution in [3.8, 4) is 5.88 Å². The van der Waals surface area contributed by atoms with E-state index in [0.717, 1.165) is 17.0 Å². The number of nitrogens with zero attached hydrogens (tertiary/aromatic N) is 1. The zero-order valence-corrected chi connectivity index (χ0v) is 9.01. The Bertz CT molecular complexity index is 451. The van der Waals surface area contributed by atoms with Gasteiger partial charge in [-0.25, -0.2) is 4.98 Å². The number of rotatable bonds is 4. The van der Waals surface area contributed by atoms with Gasteiger partial charge in [-0.2, -0.15) is 0 Å². The Hall–Kier alpha value is -1.81. The van der Waals surface area contributed by atoms with Crippen LogP contribution in [-0.2, 0) is 13.2 Å². The van der Waals surface area contributed by atoms with Gasteiger partial charge in [0.2, 0.25) is 5.88 Å². The number of pyridine rings is 1. The van der Waals surface area contributed by atoms with Crippen LogP contribution in [-0.4, -0.2) is 10.1 Å². The van der Waals surface area contributed by atoms with Crippen LogP contribution in [0.25, 0.3) is 0 Å². The largest absolute Gasteiger partial charge is 0.469 e. The average molecular weight is 219 g/mol. The number of hydrogen-bond donors (Lipinski definition) is 1. The van der Waals surface area contributed by atoms with E-state index in [9.17, 15) is 0 Å². The molecule has 16 heavy (non-hydrogen) atoms. The van der Waals surface area contributed by atoms with Crippen LogP contribution in [0.4, 0.5) is 0 Å². The summed E-state index contributed by atoms with van der Waals surface area (Å²) in [5.41, 5.74) is 1.61. The molecule has 0 bridgehead atoms. The van der Waals surface area contributed by atoms with Crippen molar-refractivity contribution in [1.29, 1.82) is 0 Å². The lowest BCUT2D eigenvalue weighted by Crippen LogP contribution is -1.98. The molecule has 2 aromatic heterocycles. The van der Waals surface area contributed by atoms with E-state index in [2.05, 4.69) is 4.98 Å². The minimum Gasteiger partial charge on any atom is -0.469 e. The number of ether oxygens (including phenoxy) is 1. The molecule has 0 saturated carbocycles. The number of aryl methyl sites for hydroxylation is 1. The van der Waals surface area contributed by atoms with Crippen LogP contribution in [0.3, 0.4) is 0 Å². The van der Waals surface area contributed by atoms with Gasteiger partial charge >= 0.3 is 0 Å². The maximum absolute atomic E-state index is 9.04. The van der Waals surface area contributed by atoms with Crippen LogP contribution >= 0.6 is 0 Å². The van der Waals surface area contributed by atoms with Crippen molar-refractivity contribution in [1.82, 2.24) is 4.98 Å². The monoisotopic (exact) mass is 219 g/mol. The highest BCUT2D eigenvalue weighted by Crippen LogP contribution is 2.14. The Morgan fingerprint density at radius 2 is 2.31 bits per heavy atom. The summed E-state index contributed by atoms with van der Waals surface area (Å²) in [6, 6.07) is 7.18. The average Bonchev–Trinajstić information content (AvgIpc) is 2.78. The van der Waals surface area contributed by atoms with E-state index in [0.29, 0.717) is 12.5 Å². The van der Waals surface area contributed by atoms with Gasteiger partial charge in [0.25, 0.3) is 0 Å². The molecule has 0 spiro atoms. The Kier molecular flexibility index (Phi) is 3.22. The first-order valence-corrected chi connectivity index (χ1v) is 5.01. The van der Waals surface area contributed by atoms with Gasteiger partial charge in [0.15, 0.2) is 0 Å². The van der Waals surface area contributed by atoms with Crippen molar-refractivity contribution in [2.45, 2.75) is 20.1 Å². The second-order valence-corrected chi connectivity index (χ2v) is 3.48. The Morgan fingerprint density at radius 1 is 1.44 bits per heavy atom. The van der Waals surface area contributed by atoms with Crippen LogP contribution in [0.5, 0.6) is 5.88 Å². The van der Waals surface area contributed by atoms with E-state index in [4.69, 9.17) is 14.3 Å². The van der Waals surface area contributed by atoms with Crippen LogP contribution in [0.2, 0.25) is 0 Å². The molecule has 4 nitrogen and oxygen atoms in total. The fourth-order valence-electron chi connectivity index (χ4n) is 1.41. The van der Waals surface area contributed by atoms with Crippen molar-refractivity contribution < 1.29 is 14.3 Å². The molecule has 2 rings (SSSR count). The zero-order chi connectivity index (χ0) is 11.4. The van der Waals surface area contributed by atoms with Gasteiger partial charge in [-0.3, -0.25) is 0 Å². The molecule has 0 atom stereocenters. The van der Waals surface area contributed by atoms with Crippen molar-refractivity contribution in [3.63, 3.8) is 0 Å². The molecule has 0 aliphatic heterocycles. The van der Waals surface area contributed by atoms with Gasteiger partial charge in [-0.1, -0.05) is 0 Å². The molecule has 2 heterocycles. The highest BCUT2D eigenvalue weighted by atomic mass is 16.5. The second kappa shape index (κ2) is 4.81. The van der Waals surface area contributed by atoms with Gasteiger partial charge in [0.05, 0.1) is 12.9 Å². The molecule has 0 aromatic carbocycles. The molecule has 0 radical (unpaired) electrons. The number of aromatic nitrogens is 1. The fourth-order valence-corrected chi connectivity index (χ4v) is 1.41. The highest BCUT2D eigenvalue weighted by molar-refractivity contribution is 5.24. The van der Waals surface area contributed by atoms with E-state index >= 15 is 0 Å². The quantitative estimate of drug-likeness (QED) is 0.855. The normalized spacial score (nSPS) is 10.4. The van der Waals surface area contributed by atoms with Crippen LogP contribution in [0, 0.1) is 6.92 Å². The third-order valence-electron chi connectivity index (χ3n) is 2.11. The number of hydrogen-bond acceptors (Lipinski definition) is 4. The van der Waals surface area contributed by atoms with Crippen molar-refractivity contribution in [2.75, 3.05) is 0 Å². The highest BCUT2D eigenvalue weighted by Gasteiger charge is 2.02. The maximum Gasteiger partial charge on any atom is 0.214 e. The van der Waals surface area contributed by atoms with Crippen LogP contribution in [0.1, 0.15) is 17.0 Å². The molecule has 0 aliphatic rings. The van der Waals surface area contributed by atoms with E-state index in [1.807, 2.05) is 25.1 Å². The van der Waals surface area contributed by atoms with Gasteiger partial charge in [0.1, 0.15) is 12.4 Å².